The molecule has 0 spiro atoms. The Labute approximate surface area is 241 Å². The van der Waals surface area contributed by atoms with Gasteiger partial charge in [0.1, 0.15) is 22.8 Å². The van der Waals surface area contributed by atoms with Crippen LogP contribution in [0.25, 0.3) is 40.0 Å². The van der Waals surface area contributed by atoms with Crippen molar-refractivity contribution in [2.24, 2.45) is 0 Å². The molecule has 0 fully saturated rings. The highest BCUT2D eigenvalue weighted by Crippen LogP contribution is 2.32. The number of ether oxygens (including phenoxy) is 1. The molecule has 0 aliphatic heterocycles. The summed E-state index contributed by atoms with van der Waals surface area (Å²) < 4.78 is 17.3. The van der Waals surface area contributed by atoms with Crippen molar-refractivity contribution in [2.75, 3.05) is 12.4 Å². The van der Waals surface area contributed by atoms with Crippen molar-refractivity contribution in [1.29, 1.82) is 0 Å². The molecule has 0 saturated heterocycles. The van der Waals surface area contributed by atoms with Gasteiger partial charge in [-0.25, -0.2) is 4.98 Å². The van der Waals surface area contributed by atoms with Crippen LogP contribution in [0.3, 0.4) is 0 Å². The molecule has 0 radical (unpaired) electrons. The number of hydrogen-bond donors (Lipinski definition) is 2. The highest BCUT2D eigenvalue weighted by molar-refractivity contribution is 7.80. The van der Waals surface area contributed by atoms with Crippen molar-refractivity contribution < 1.29 is 18.4 Å². The number of carbonyl (C=O) groups is 1. The maximum atomic E-state index is 12.5. The van der Waals surface area contributed by atoms with Gasteiger partial charge in [-0.3, -0.25) is 10.1 Å². The first-order valence-electron chi connectivity index (χ1n) is 12.5. The molecular weight excluding hydrogens is 546 g/mol. The Morgan fingerprint density at radius 3 is 2.52 bits per heavy atom. The van der Waals surface area contributed by atoms with Crippen LogP contribution in [0, 0.1) is 0 Å². The number of rotatable bonds is 7. The summed E-state index contributed by atoms with van der Waals surface area (Å²) in [6.07, 6.45) is 2.91. The molecule has 0 atom stereocenters. The molecule has 2 N–H and O–H groups in total. The first-order chi connectivity index (χ1) is 19.3. The lowest BCUT2D eigenvalue weighted by Gasteiger charge is -2.13. The summed E-state index contributed by atoms with van der Waals surface area (Å²) in [4.78, 5) is 17.2. The Morgan fingerprint density at radius 2 is 1.77 bits per heavy atom. The van der Waals surface area contributed by atoms with Crippen molar-refractivity contribution in [2.45, 2.75) is 19.8 Å². The van der Waals surface area contributed by atoms with Crippen LogP contribution < -0.4 is 15.4 Å². The predicted molar refractivity (Wildman–Crippen MR) is 163 cm³/mol. The average Bonchev–Trinajstić information content (AvgIpc) is 3.59. The minimum absolute atomic E-state index is 0.102. The number of methoxy groups -OCH3 is 1. The van der Waals surface area contributed by atoms with Gasteiger partial charge in [-0.15, -0.1) is 0 Å². The van der Waals surface area contributed by atoms with E-state index in [9.17, 15) is 4.79 Å². The number of oxazole rings is 1. The minimum Gasteiger partial charge on any atom is -0.495 e. The molecule has 5 rings (SSSR count). The molecule has 0 aliphatic rings. The van der Waals surface area contributed by atoms with E-state index in [0.29, 0.717) is 45.4 Å². The van der Waals surface area contributed by atoms with E-state index in [4.69, 9.17) is 37.4 Å². The minimum atomic E-state index is -0.419. The molecule has 0 saturated carbocycles. The number of furan rings is 1. The van der Waals surface area contributed by atoms with Gasteiger partial charge in [0.25, 0.3) is 0 Å². The Morgan fingerprint density at radius 1 is 1.00 bits per heavy atom. The Bertz CT molecular complexity index is 1720. The second kappa shape index (κ2) is 11.8. The summed E-state index contributed by atoms with van der Waals surface area (Å²) >= 11 is 11.3. The van der Waals surface area contributed by atoms with E-state index in [0.717, 1.165) is 16.6 Å². The van der Waals surface area contributed by atoms with Crippen LogP contribution in [0.15, 0.2) is 87.7 Å². The van der Waals surface area contributed by atoms with E-state index in [2.05, 4.69) is 29.5 Å². The summed E-state index contributed by atoms with van der Waals surface area (Å²) in [7, 11) is 1.55. The topological polar surface area (TPSA) is 89.5 Å². The van der Waals surface area contributed by atoms with Crippen LogP contribution >= 0.6 is 23.8 Å². The number of nitrogens with zero attached hydrogens (tertiary/aromatic N) is 1. The number of fused-ring (bicyclic) bond motifs is 1. The molecule has 0 unspecified atom stereocenters. The number of benzene rings is 3. The lowest BCUT2D eigenvalue weighted by Crippen LogP contribution is -2.32. The van der Waals surface area contributed by atoms with Crippen LogP contribution in [0.2, 0.25) is 5.02 Å². The molecule has 2 aromatic heterocycles. The zero-order valence-corrected chi connectivity index (χ0v) is 23.6. The zero-order valence-electron chi connectivity index (χ0n) is 22.0. The molecule has 0 aliphatic carbocycles. The highest BCUT2D eigenvalue weighted by atomic mass is 35.5. The van der Waals surface area contributed by atoms with Gasteiger partial charge in [0.2, 0.25) is 11.8 Å². The van der Waals surface area contributed by atoms with E-state index in [1.165, 1.54) is 11.6 Å². The molecule has 5 aromatic rings. The fourth-order valence-corrected chi connectivity index (χ4v) is 4.38. The summed E-state index contributed by atoms with van der Waals surface area (Å²) in [6.45, 7) is 4.27. The second-order valence-electron chi connectivity index (χ2n) is 9.30. The van der Waals surface area contributed by atoms with Crippen LogP contribution in [0.1, 0.15) is 31.1 Å². The summed E-state index contributed by atoms with van der Waals surface area (Å²) in [6, 6.07) is 22.4. The van der Waals surface area contributed by atoms with Crippen molar-refractivity contribution in [3.05, 3.63) is 95.2 Å². The summed E-state index contributed by atoms with van der Waals surface area (Å²) in [5, 5.41) is 6.41. The number of anilines is 1. The number of carbonyl (C=O) groups excluding carboxylic acids is 1. The van der Waals surface area contributed by atoms with Crippen LogP contribution in [0.4, 0.5) is 5.69 Å². The first-order valence-corrected chi connectivity index (χ1v) is 13.3. The van der Waals surface area contributed by atoms with Gasteiger partial charge < -0.3 is 18.9 Å². The predicted octanol–water partition coefficient (Wildman–Crippen LogP) is 8.07. The SMILES string of the molecule is COc1ccc(-c2nc3cc(C(C)C)ccc3o2)cc1NC(=S)NC(=O)C=Cc1ccc(-c2ccc(Cl)cc2)o1. The Balaban J connectivity index is 1.26. The lowest BCUT2D eigenvalue weighted by molar-refractivity contribution is -0.115. The van der Waals surface area contributed by atoms with Gasteiger partial charge in [-0.1, -0.05) is 31.5 Å². The van der Waals surface area contributed by atoms with Gasteiger partial charge in [0.15, 0.2) is 10.7 Å². The number of nitrogens with one attached hydrogen (secondary N) is 2. The maximum absolute atomic E-state index is 12.5. The Hall–Kier alpha value is -4.40. The third-order valence-electron chi connectivity index (χ3n) is 6.16. The van der Waals surface area contributed by atoms with Crippen molar-refractivity contribution in [1.82, 2.24) is 10.3 Å². The molecule has 0 bridgehead atoms. The number of hydrogen-bond acceptors (Lipinski definition) is 6. The number of halogens is 1. The van der Waals surface area contributed by atoms with E-state index in [-0.39, 0.29) is 5.11 Å². The summed E-state index contributed by atoms with van der Waals surface area (Å²) in [5.41, 5.74) is 4.85. The van der Waals surface area contributed by atoms with E-state index >= 15 is 0 Å². The molecule has 2 heterocycles. The van der Waals surface area contributed by atoms with E-state index in [1.807, 2.05) is 48.5 Å². The van der Waals surface area contributed by atoms with E-state index in [1.54, 1.807) is 37.5 Å². The molecule has 3 aromatic carbocycles. The number of amides is 1. The monoisotopic (exact) mass is 571 g/mol. The number of thiocarbonyl (C=S) groups is 1. The molecule has 1 amide bonds. The normalized spacial score (nSPS) is 11.3. The Kier molecular flexibility index (Phi) is 8.00. The molecule has 9 heteroatoms. The fourth-order valence-electron chi connectivity index (χ4n) is 4.04. The quantitative estimate of drug-likeness (QED) is 0.151. The van der Waals surface area contributed by atoms with Crippen molar-refractivity contribution >= 4 is 57.7 Å². The largest absolute Gasteiger partial charge is 0.495 e. The third kappa shape index (κ3) is 6.25. The van der Waals surface area contributed by atoms with Gasteiger partial charge in [0.05, 0.1) is 12.8 Å². The van der Waals surface area contributed by atoms with Gasteiger partial charge >= 0.3 is 0 Å². The molecular formula is C31H26ClN3O4S. The van der Waals surface area contributed by atoms with Gasteiger partial charge in [0, 0.05) is 22.2 Å². The zero-order chi connectivity index (χ0) is 28.2. The van der Waals surface area contributed by atoms with Gasteiger partial charge in [-0.05, 0) is 96.5 Å². The number of aromatic nitrogens is 1. The van der Waals surface area contributed by atoms with Crippen LogP contribution in [-0.4, -0.2) is 23.1 Å². The average molecular weight is 572 g/mol. The van der Waals surface area contributed by atoms with Crippen LogP contribution in [-0.2, 0) is 4.79 Å². The lowest BCUT2D eigenvalue weighted by atomic mass is 10.0. The van der Waals surface area contributed by atoms with Gasteiger partial charge in [-0.2, -0.15) is 0 Å². The second-order valence-corrected chi connectivity index (χ2v) is 10.1. The summed E-state index contributed by atoms with van der Waals surface area (Å²) in [5.74, 6) is 2.16. The first kappa shape index (κ1) is 27.2. The maximum Gasteiger partial charge on any atom is 0.250 e. The van der Waals surface area contributed by atoms with Crippen LogP contribution in [0.5, 0.6) is 5.75 Å². The standard InChI is InChI=1S/C31H26ClN3O4S/c1-18(2)20-6-13-28-25(16-20)33-30(39-28)21-7-12-27(37-3)24(17-21)34-31(40)35-29(36)15-11-23-10-14-26(38-23)19-4-8-22(32)9-5-19/h4-18H,1-3H3,(H2,34,35,36,40). The third-order valence-corrected chi connectivity index (χ3v) is 6.62. The van der Waals surface area contributed by atoms with E-state index < -0.39 is 5.91 Å². The van der Waals surface area contributed by atoms with Crippen molar-refractivity contribution in [3.63, 3.8) is 0 Å². The smallest absolute Gasteiger partial charge is 0.250 e. The molecule has 202 valence electrons. The molecule has 40 heavy (non-hydrogen) atoms. The highest BCUT2D eigenvalue weighted by Gasteiger charge is 2.14. The fraction of sp³-hybridized carbons (Fsp3) is 0.129. The molecule has 7 nitrogen and oxygen atoms in total. The van der Waals surface area contributed by atoms with Crippen molar-refractivity contribution in [3.8, 4) is 28.5 Å².